The fourth-order valence-corrected chi connectivity index (χ4v) is 0.870. The molecule has 1 rings (SSSR count). The Labute approximate surface area is 78.1 Å². The van der Waals surface area contributed by atoms with Crippen LogP contribution in [0, 0.1) is 17.0 Å². The Morgan fingerprint density at radius 1 is 1.64 bits per heavy atom. The molecule has 1 aromatic rings. The van der Waals surface area contributed by atoms with Crippen LogP contribution >= 0.6 is 0 Å². The molecular formula is C7H5N2O5-. The molecule has 7 nitrogen and oxygen atoms in total. The third-order valence-electron chi connectivity index (χ3n) is 1.44. The van der Waals surface area contributed by atoms with Gasteiger partial charge in [0.05, 0.1) is 0 Å². The fraction of sp³-hybridized carbons (Fsp3) is 0.143. The first-order chi connectivity index (χ1) is 6.52. The third-order valence-corrected chi connectivity index (χ3v) is 1.44. The van der Waals surface area contributed by atoms with Crippen LogP contribution in [0.15, 0.2) is 12.3 Å². The van der Waals surface area contributed by atoms with Gasteiger partial charge in [0, 0.05) is 0 Å². The highest BCUT2D eigenvalue weighted by atomic mass is 16.7. The van der Waals surface area contributed by atoms with Gasteiger partial charge in [-0.05, 0) is 28.5 Å². The quantitative estimate of drug-likeness (QED) is 0.376. The number of nitrogens with zero attached hydrogens (tertiary/aromatic N) is 2. The summed E-state index contributed by atoms with van der Waals surface area (Å²) in [5.74, 6) is -1.05. The first-order valence-electron chi connectivity index (χ1n) is 3.51. The second-order valence-electron chi connectivity index (χ2n) is 2.39. The molecule has 0 aliphatic carbocycles. The molecule has 0 aliphatic rings. The molecule has 0 aromatic carbocycles. The maximum atomic E-state index is 10.4. The number of carbonyl (C=O) groups excluding carboxylic acids is 1. The van der Waals surface area contributed by atoms with Crippen LogP contribution in [0.3, 0.4) is 0 Å². The number of hydrogen-bond donors (Lipinski definition) is 0. The lowest BCUT2D eigenvalue weighted by Crippen LogP contribution is -2.27. The maximum absolute atomic E-state index is 10.4. The Hall–Kier alpha value is -2.18. The Morgan fingerprint density at radius 3 is 2.79 bits per heavy atom. The number of rotatable bonds is 2. The number of hydrogen-bond acceptors (Lipinski definition) is 6. The predicted octanol–water partition coefficient (Wildman–Crippen LogP) is 0.0203. The molecule has 0 aliphatic heterocycles. The van der Waals surface area contributed by atoms with E-state index >= 15 is 0 Å². The molecule has 0 saturated heterocycles. The van der Waals surface area contributed by atoms with E-state index in [2.05, 4.69) is 9.72 Å². The number of nitro groups is 1. The summed E-state index contributed by atoms with van der Waals surface area (Å²) in [6, 6.07) is 1.39. The topological polar surface area (TPSA) is 105 Å². The number of carboxylic acid groups (broad SMARTS) is 1. The highest BCUT2D eigenvalue weighted by Crippen LogP contribution is 2.27. The van der Waals surface area contributed by atoms with Crippen LogP contribution in [0.2, 0.25) is 0 Å². The minimum Gasteiger partial charge on any atom is -0.505 e. The molecule has 14 heavy (non-hydrogen) atoms. The smallest absolute Gasteiger partial charge is 0.387 e. The molecule has 0 atom stereocenters. The van der Waals surface area contributed by atoms with Gasteiger partial charge in [-0.25, -0.2) is 0 Å². The van der Waals surface area contributed by atoms with Gasteiger partial charge >= 0.3 is 5.82 Å². The van der Waals surface area contributed by atoms with Crippen LogP contribution in [0.4, 0.5) is 10.6 Å². The van der Waals surface area contributed by atoms with Crippen LogP contribution < -0.4 is 9.84 Å². The van der Waals surface area contributed by atoms with Crippen molar-refractivity contribution < 1.29 is 19.6 Å². The molecule has 0 N–H and O–H groups in total. The average molecular weight is 197 g/mol. The second-order valence-corrected chi connectivity index (χ2v) is 2.39. The number of aryl methyl sites for hydroxylation is 1. The van der Waals surface area contributed by atoms with Gasteiger partial charge in [0.2, 0.25) is 0 Å². The molecule has 0 spiro atoms. The van der Waals surface area contributed by atoms with Crippen LogP contribution in [0.25, 0.3) is 0 Å². The summed E-state index contributed by atoms with van der Waals surface area (Å²) in [6.07, 6.45) is -0.667. The summed E-state index contributed by atoms with van der Waals surface area (Å²) in [5, 5.41) is 20.5. The molecule has 0 saturated carbocycles. The second kappa shape index (κ2) is 3.69. The van der Waals surface area contributed by atoms with Gasteiger partial charge in [0.15, 0.2) is 5.75 Å². The molecule has 0 amide bonds. The summed E-state index contributed by atoms with van der Waals surface area (Å²) >= 11 is 0. The zero-order valence-corrected chi connectivity index (χ0v) is 7.09. The van der Waals surface area contributed by atoms with Gasteiger partial charge in [-0.15, -0.1) is 0 Å². The number of carbonyl (C=O) groups is 1. The molecule has 7 heteroatoms. The first kappa shape index (κ1) is 9.90. The molecule has 0 unspecified atom stereocenters. The van der Waals surface area contributed by atoms with E-state index in [-0.39, 0.29) is 0 Å². The number of ether oxygens (including phenoxy) is 1. The van der Waals surface area contributed by atoms with Gasteiger partial charge in [-0.3, -0.25) is 0 Å². The van der Waals surface area contributed by atoms with Gasteiger partial charge in [-0.2, -0.15) is 0 Å². The van der Waals surface area contributed by atoms with E-state index in [0.29, 0.717) is 5.56 Å². The molecule has 0 fully saturated rings. The van der Waals surface area contributed by atoms with Crippen molar-refractivity contribution in [2.45, 2.75) is 6.92 Å². The highest BCUT2D eigenvalue weighted by molar-refractivity contribution is 5.62. The Kier molecular flexibility index (Phi) is 2.61. The molecule has 1 heterocycles. The largest absolute Gasteiger partial charge is 0.505 e. The summed E-state index contributed by atoms with van der Waals surface area (Å²) in [4.78, 5) is 23.1. The minimum absolute atomic E-state index is 0.302. The van der Waals surface area contributed by atoms with Crippen LogP contribution in [-0.2, 0) is 0 Å². The van der Waals surface area contributed by atoms with E-state index in [1.54, 1.807) is 0 Å². The van der Waals surface area contributed by atoms with Gasteiger partial charge in [0.1, 0.15) is 6.20 Å². The monoisotopic (exact) mass is 197 g/mol. The van der Waals surface area contributed by atoms with E-state index in [9.17, 15) is 20.0 Å². The van der Waals surface area contributed by atoms with Crippen molar-refractivity contribution >= 4 is 12.0 Å². The Bertz CT molecular complexity index is 390. The van der Waals surface area contributed by atoms with E-state index < -0.39 is 22.6 Å². The van der Waals surface area contributed by atoms with Crippen LogP contribution in [0.1, 0.15) is 5.56 Å². The summed E-state index contributed by atoms with van der Waals surface area (Å²) < 4.78 is 4.14. The average Bonchev–Trinajstić information content (AvgIpc) is 2.07. The van der Waals surface area contributed by atoms with Crippen molar-refractivity contribution in [2.24, 2.45) is 0 Å². The van der Waals surface area contributed by atoms with Gasteiger partial charge in [0.25, 0.3) is 6.16 Å². The van der Waals surface area contributed by atoms with Gasteiger partial charge < -0.3 is 24.8 Å². The van der Waals surface area contributed by atoms with Crippen LogP contribution in [-0.4, -0.2) is 16.1 Å². The van der Waals surface area contributed by atoms with E-state index in [1.165, 1.54) is 19.2 Å². The van der Waals surface area contributed by atoms with Crippen molar-refractivity contribution in [2.75, 3.05) is 0 Å². The zero-order valence-electron chi connectivity index (χ0n) is 7.09. The predicted molar refractivity (Wildman–Crippen MR) is 41.7 cm³/mol. The lowest BCUT2D eigenvalue weighted by atomic mass is 10.2. The van der Waals surface area contributed by atoms with Crippen molar-refractivity contribution in [3.05, 3.63) is 27.9 Å². The molecule has 0 bridgehead atoms. The van der Waals surface area contributed by atoms with Gasteiger partial charge in [-0.1, -0.05) is 0 Å². The third kappa shape index (κ3) is 1.94. The lowest BCUT2D eigenvalue weighted by Gasteiger charge is -2.09. The van der Waals surface area contributed by atoms with E-state index in [4.69, 9.17) is 0 Å². The Morgan fingerprint density at radius 2 is 2.29 bits per heavy atom. The highest BCUT2D eigenvalue weighted by Gasteiger charge is 2.16. The Balaban J connectivity index is 3.22. The van der Waals surface area contributed by atoms with Crippen molar-refractivity contribution in [1.82, 2.24) is 4.98 Å². The minimum atomic E-state index is -1.86. The first-order valence-corrected chi connectivity index (χ1v) is 3.51. The summed E-state index contributed by atoms with van der Waals surface area (Å²) in [7, 11) is 0. The van der Waals surface area contributed by atoms with Crippen LogP contribution in [0.5, 0.6) is 5.75 Å². The maximum Gasteiger partial charge on any atom is 0.387 e. The van der Waals surface area contributed by atoms with E-state index in [0.717, 1.165) is 0 Å². The SMILES string of the molecule is Cc1ccnc([N+](=O)[O-])c1OC(=O)[O-]. The molecular weight excluding hydrogens is 192 g/mol. The summed E-state index contributed by atoms with van der Waals surface area (Å²) in [6.45, 7) is 1.47. The number of aromatic nitrogens is 1. The molecule has 0 radical (unpaired) electrons. The lowest BCUT2D eigenvalue weighted by molar-refractivity contribution is -0.390. The van der Waals surface area contributed by atoms with Crippen molar-refractivity contribution in [1.29, 1.82) is 0 Å². The number of pyridine rings is 1. The normalized spacial score (nSPS) is 9.50. The van der Waals surface area contributed by atoms with Crippen molar-refractivity contribution in [3.63, 3.8) is 0 Å². The fourth-order valence-electron chi connectivity index (χ4n) is 0.870. The molecule has 1 aromatic heterocycles. The summed E-state index contributed by atoms with van der Waals surface area (Å²) in [5.41, 5.74) is 0.302. The standard InChI is InChI=1S/C7H6N2O5/c1-4-2-3-8-6(9(12)13)5(4)14-7(10)11/h2-3H,1H3,(H,10,11)/p-1. The zero-order chi connectivity index (χ0) is 10.7. The molecule has 74 valence electrons. The van der Waals surface area contributed by atoms with E-state index in [1.807, 2.05) is 0 Å². The van der Waals surface area contributed by atoms with Crippen molar-refractivity contribution in [3.8, 4) is 5.75 Å².